The molecule has 0 amide bonds. The number of carboxylic acids is 1. The van der Waals surface area contributed by atoms with Crippen LogP contribution in [0.25, 0.3) is 0 Å². The van der Waals surface area contributed by atoms with Crippen LogP contribution in [-0.2, 0) is 4.79 Å². The summed E-state index contributed by atoms with van der Waals surface area (Å²) in [6.07, 6.45) is 0. The van der Waals surface area contributed by atoms with Crippen molar-refractivity contribution in [3.8, 4) is 5.75 Å². The van der Waals surface area contributed by atoms with Gasteiger partial charge in [0, 0.05) is 0 Å². The van der Waals surface area contributed by atoms with Crippen molar-refractivity contribution >= 4 is 5.97 Å². The summed E-state index contributed by atoms with van der Waals surface area (Å²) in [6, 6.07) is 6.19. The number of rotatable bonds is 4. The maximum absolute atomic E-state index is 10.7. The molecule has 5 nitrogen and oxygen atoms in total. The van der Waals surface area contributed by atoms with E-state index < -0.39 is 18.4 Å². The quantitative estimate of drug-likeness (QED) is 0.633. The molecule has 0 aromatic heterocycles. The van der Waals surface area contributed by atoms with Crippen LogP contribution >= 0.6 is 0 Å². The highest BCUT2D eigenvalue weighted by molar-refractivity contribution is 5.75. The maximum Gasteiger partial charge on any atom is 0.310 e. The standard InChI is InChI=1S/C10H12O5/c1-6(9(11)12)7-3-2-4-8(5-7)15-10(13)14/h2-6,10,13-14H,1H3,(H,11,12). The molecule has 0 aliphatic heterocycles. The Labute approximate surface area is 86.5 Å². The summed E-state index contributed by atoms with van der Waals surface area (Å²) in [5.74, 6) is -1.39. The zero-order valence-electron chi connectivity index (χ0n) is 8.12. The fourth-order valence-corrected chi connectivity index (χ4v) is 1.12. The Morgan fingerprint density at radius 2 is 2.07 bits per heavy atom. The molecule has 0 saturated heterocycles. The minimum Gasteiger partial charge on any atom is -0.481 e. The van der Waals surface area contributed by atoms with Crippen LogP contribution in [0.5, 0.6) is 5.75 Å². The van der Waals surface area contributed by atoms with E-state index in [4.69, 9.17) is 15.3 Å². The lowest BCUT2D eigenvalue weighted by atomic mass is 10.0. The number of hydrogen-bond donors (Lipinski definition) is 3. The molecule has 1 aromatic rings. The third-order valence-electron chi connectivity index (χ3n) is 1.97. The van der Waals surface area contributed by atoms with Gasteiger partial charge in [0.05, 0.1) is 5.92 Å². The Bertz CT molecular complexity index is 347. The molecule has 3 N–H and O–H groups in total. The Morgan fingerprint density at radius 3 is 2.60 bits per heavy atom. The summed E-state index contributed by atoms with van der Waals surface area (Å²) in [4.78, 5) is 10.7. The highest BCUT2D eigenvalue weighted by Gasteiger charge is 2.14. The molecule has 0 radical (unpaired) electrons. The number of carbonyl (C=O) groups is 1. The summed E-state index contributed by atoms with van der Waals surface area (Å²) in [5, 5.41) is 25.9. The summed E-state index contributed by atoms with van der Waals surface area (Å²) in [5.41, 5.74) is 0.542. The molecule has 1 aromatic carbocycles. The Kier molecular flexibility index (Phi) is 3.65. The van der Waals surface area contributed by atoms with Crippen LogP contribution in [0.3, 0.4) is 0 Å². The van der Waals surface area contributed by atoms with Crippen molar-refractivity contribution in [2.24, 2.45) is 0 Å². The van der Waals surface area contributed by atoms with Gasteiger partial charge in [0.25, 0.3) is 0 Å². The summed E-state index contributed by atoms with van der Waals surface area (Å²) >= 11 is 0. The molecule has 5 heteroatoms. The zero-order chi connectivity index (χ0) is 11.4. The fraction of sp³-hybridized carbons (Fsp3) is 0.300. The van der Waals surface area contributed by atoms with E-state index in [2.05, 4.69) is 4.74 Å². The minimum absolute atomic E-state index is 0.218. The summed E-state index contributed by atoms with van der Waals surface area (Å²) in [6.45, 7) is -0.364. The third-order valence-corrected chi connectivity index (χ3v) is 1.97. The van der Waals surface area contributed by atoms with Gasteiger partial charge in [0.2, 0.25) is 0 Å². The number of carboxylic acid groups (broad SMARTS) is 1. The van der Waals surface area contributed by atoms with E-state index in [1.54, 1.807) is 12.1 Å². The zero-order valence-corrected chi connectivity index (χ0v) is 8.12. The van der Waals surface area contributed by atoms with Gasteiger partial charge in [-0.1, -0.05) is 12.1 Å². The SMILES string of the molecule is CC(C(=O)O)c1cccc(OC(O)O)c1. The lowest BCUT2D eigenvalue weighted by Crippen LogP contribution is -2.14. The van der Waals surface area contributed by atoms with Crippen LogP contribution in [0, 0.1) is 0 Å². The number of aliphatic hydroxyl groups is 2. The lowest BCUT2D eigenvalue weighted by molar-refractivity contribution is -0.179. The summed E-state index contributed by atoms with van der Waals surface area (Å²) < 4.78 is 4.60. The highest BCUT2D eigenvalue weighted by Crippen LogP contribution is 2.21. The van der Waals surface area contributed by atoms with E-state index in [-0.39, 0.29) is 5.75 Å². The molecule has 82 valence electrons. The first-order valence-corrected chi connectivity index (χ1v) is 4.36. The van der Waals surface area contributed by atoms with Gasteiger partial charge in [-0.3, -0.25) is 4.79 Å². The van der Waals surface area contributed by atoms with E-state index in [1.165, 1.54) is 19.1 Å². The van der Waals surface area contributed by atoms with Crippen molar-refractivity contribution in [1.29, 1.82) is 0 Å². The normalized spacial score (nSPS) is 12.5. The van der Waals surface area contributed by atoms with Crippen molar-refractivity contribution in [2.45, 2.75) is 19.3 Å². The van der Waals surface area contributed by atoms with E-state index in [0.717, 1.165) is 0 Å². The first-order chi connectivity index (χ1) is 7.00. The summed E-state index contributed by atoms with van der Waals surface area (Å²) in [7, 11) is 0. The van der Waals surface area contributed by atoms with Crippen molar-refractivity contribution in [2.75, 3.05) is 0 Å². The van der Waals surface area contributed by atoms with Gasteiger partial charge >= 0.3 is 12.4 Å². The highest BCUT2D eigenvalue weighted by atomic mass is 16.7. The molecular weight excluding hydrogens is 200 g/mol. The van der Waals surface area contributed by atoms with E-state index >= 15 is 0 Å². The van der Waals surface area contributed by atoms with Gasteiger partial charge in [0.1, 0.15) is 5.75 Å². The molecule has 0 spiro atoms. The van der Waals surface area contributed by atoms with Crippen LogP contribution in [0.15, 0.2) is 24.3 Å². The van der Waals surface area contributed by atoms with Gasteiger partial charge in [-0.15, -0.1) is 0 Å². The molecule has 0 bridgehead atoms. The Hall–Kier alpha value is -1.59. The first-order valence-electron chi connectivity index (χ1n) is 4.36. The molecule has 0 aliphatic rings. The maximum atomic E-state index is 10.7. The van der Waals surface area contributed by atoms with E-state index in [1.807, 2.05) is 0 Å². The van der Waals surface area contributed by atoms with Crippen LogP contribution < -0.4 is 4.74 Å². The van der Waals surface area contributed by atoms with E-state index in [0.29, 0.717) is 5.56 Å². The minimum atomic E-state index is -1.90. The predicted octanol–water partition coefficient (Wildman–Crippen LogP) is 0.522. The number of aliphatic carboxylic acids is 1. The second-order valence-corrected chi connectivity index (χ2v) is 3.08. The predicted molar refractivity (Wildman–Crippen MR) is 51.3 cm³/mol. The number of hydrogen-bond acceptors (Lipinski definition) is 4. The van der Waals surface area contributed by atoms with E-state index in [9.17, 15) is 4.79 Å². The third kappa shape index (κ3) is 3.23. The molecule has 0 aliphatic carbocycles. The second-order valence-electron chi connectivity index (χ2n) is 3.08. The Morgan fingerprint density at radius 1 is 1.40 bits per heavy atom. The van der Waals surface area contributed by atoms with Crippen molar-refractivity contribution in [1.82, 2.24) is 0 Å². The van der Waals surface area contributed by atoms with Crippen LogP contribution in [0.4, 0.5) is 0 Å². The number of ether oxygens (including phenoxy) is 1. The van der Waals surface area contributed by atoms with Crippen LogP contribution in [-0.4, -0.2) is 27.8 Å². The fourth-order valence-electron chi connectivity index (χ4n) is 1.12. The lowest BCUT2D eigenvalue weighted by Gasteiger charge is -2.10. The molecule has 0 heterocycles. The van der Waals surface area contributed by atoms with Crippen molar-refractivity contribution < 1.29 is 24.9 Å². The first kappa shape index (κ1) is 11.5. The van der Waals surface area contributed by atoms with Crippen LogP contribution in [0.2, 0.25) is 0 Å². The molecule has 1 rings (SSSR count). The topological polar surface area (TPSA) is 87.0 Å². The van der Waals surface area contributed by atoms with Crippen molar-refractivity contribution in [3.05, 3.63) is 29.8 Å². The largest absolute Gasteiger partial charge is 0.481 e. The molecule has 15 heavy (non-hydrogen) atoms. The van der Waals surface area contributed by atoms with Gasteiger partial charge in [-0.25, -0.2) is 0 Å². The second kappa shape index (κ2) is 4.77. The average molecular weight is 212 g/mol. The number of benzene rings is 1. The van der Waals surface area contributed by atoms with Gasteiger partial charge in [0.15, 0.2) is 0 Å². The van der Waals surface area contributed by atoms with Gasteiger partial charge in [-0.05, 0) is 24.6 Å². The number of aliphatic hydroxyl groups excluding tert-OH is 1. The monoisotopic (exact) mass is 212 g/mol. The van der Waals surface area contributed by atoms with Crippen LogP contribution in [0.1, 0.15) is 18.4 Å². The van der Waals surface area contributed by atoms with Gasteiger partial charge < -0.3 is 20.1 Å². The van der Waals surface area contributed by atoms with Crippen molar-refractivity contribution in [3.63, 3.8) is 0 Å². The molecule has 1 unspecified atom stereocenters. The molecule has 1 atom stereocenters. The Balaban J connectivity index is 2.87. The average Bonchev–Trinajstić information content (AvgIpc) is 2.16. The van der Waals surface area contributed by atoms with Gasteiger partial charge in [-0.2, -0.15) is 0 Å². The molecular formula is C10H12O5. The smallest absolute Gasteiger partial charge is 0.310 e. The molecule has 0 fully saturated rings. The molecule has 0 saturated carbocycles.